The molecule has 4 nitrogen and oxygen atoms in total. The first-order chi connectivity index (χ1) is 6.33. The van der Waals surface area contributed by atoms with Crippen LogP contribution in [0, 0.1) is 0 Å². The van der Waals surface area contributed by atoms with Crippen LogP contribution in [0.3, 0.4) is 0 Å². The van der Waals surface area contributed by atoms with Gasteiger partial charge in [0.1, 0.15) is 12.2 Å². The predicted molar refractivity (Wildman–Crippen MR) is 50.3 cm³/mol. The summed E-state index contributed by atoms with van der Waals surface area (Å²) in [5.41, 5.74) is 0. The largest absolute Gasteiger partial charge is 0.316 e. The summed E-state index contributed by atoms with van der Waals surface area (Å²) in [7, 11) is 0. The third-order valence-electron chi connectivity index (χ3n) is 2.82. The lowest BCUT2D eigenvalue weighted by Gasteiger charge is -2.23. The molecule has 2 rings (SSSR count). The van der Waals surface area contributed by atoms with Gasteiger partial charge >= 0.3 is 0 Å². The van der Waals surface area contributed by atoms with Crippen molar-refractivity contribution in [1.82, 2.24) is 19.7 Å². The lowest BCUT2D eigenvalue weighted by molar-refractivity contribution is 0.222. The first kappa shape index (κ1) is 8.69. The van der Waals surface area contributed by atoms with Crippen LogP contribution in [0.4, 0.5) is 0 Å². The Hall–Kier alpha value is -0.900. The minimum Gasteiger partial charge on any atom is -0.316 e. The molecule has 0 saturated heterocycles. The summed E-state index contributed by atoms with van der Waals surface area (Å²) in [4.78, 5) is 2.44. The molecule has 1 unspecified atom stereocenters. The second-order valence-corrected chi connectivity index (χ2v) is 3.54. The van der Waals surface area contributed by atoms with Gasteiger partial charge in [0.25, 0.3) is 0 Å². The maximum Gasteiger partial charge on any atom is 0.149 e. The van der Waals surface area contributed by atoms with Crippen molar-refractivity contribution in [3.8, 4) is 0 Å². The molecule has 1 aromatic heterocycles. The number of aryl methyl sites for hydroxylation is 1. The molecule has 0 N–H and O–H groups in total. The van der Waals surface area contributed by atoms with E-state index in [-0.39, 0.29) is 0 Å². The van der Waals surface area contributed by atoms with E-state index in [4.69, 9.17) is 0 Å². The van der Waals surface area contributed by atoms with Crippen molar-refractivity contribution in [2.24, 2.45) is 0 Å². The van der Waals surface area contributed by atoms with Crippen LogP contribution >= 0.6 is 0 Å². The monoisotopic (exact) mass is 180 g/mol. The lowest BCUT2D eigenvalue weighted by Crippen LogP contribution is -2.27. The minimum atomic E-state index is 0.412. The third-order valence-corrected chi connectivity index (χ3v) is 2.82. The summed E-state index contributed by atoms with van der Waals surface area (Å²) >= 11 is 0. The van der Waals surface area contributed by atoms with Gasteiger partial charge in [-0.2, -0.15) is 0 Å². The molecular weight excluding hydrogens is 164 g/mol. The zero-order valence-corrected chi connectivity index (χ0v) is 8.27. The van der Waals surface area contributed by atoms with E-state index < -0.39 is 0 Å². The van der Waals surface area contributed by atoms with Crippen molar-refractivity contribution < 1.29 is 0 Å². The Bertz CT molecular complexity index is 281. The van der Waals surface area contributed by atoms with E-state index in [1.54, 1.807) is 0 Å². The van der Waals surface area contributed by atoms with E-state index in [1.807, 2.05) is 6.33 Å². The van der Waals surface area contributed by atoms with E-state index >= 15 is 0 Å². The average molecular weight is 180 g/mol. The van der Waals surface area contributed by atoms with Crippen LogP contribution in [0.15, 0.2) is 6.33 Å². The van der Waals surface area contributed by atoms with Crippen LogP contribution in [0.2, 0.25) is 0 Å². The summed E-state index contributed by atoms with van der Waals surface area (Å²) in [5, 5.41) is 8.12. The van der Waals surface area contributed by atoms with Gasteiger partial charge in [0.15, 0.2) is 0 Å². The molecule has 0 fully saturated rings. The molecule has 0 aromatic carbocycles. The quantitative estimate of drug-likeness (QED) is 0.648. The molecule has 0 saturated carbocycles. The molecule has 2 heterocycles. The van der Waals surface area contributed by atoms with Gasteiger partial charge in [-0.05, 0) is 19.9 Å². The third kappa shape index (κ3) is 1.46. The summed E-state index contributed by atoms with van der Waals surface area (Å²) in [6.07, 6.45) is 3.04. The van der Waals surface area contributed by atoms with Crippen LogP contribution in [-0.4, -0.2) is 32.8 Å². The van der Waals surface area contributed by atoms with Crippen LogP contribution in [0.1, 0.15) is 32.1 Å². The average Bonchev–Trinajstić information content (AvgIpc) is 2.54. The smallest absolute Gasteiger partial charge is 0.149 e. The molecule has 1 aromatic rings. The number of rotatable bonds is 1. The number of hydrogen-bond acceptors (Lipinski definition) is 3. The summed E-state index contributed by atoms with van der Waals surface area (Å²) in [6, 6.07) is 0.412. The fourth-order valence-corrected chi connectivity index (χ4v) is 1.99. The molecule has 0 bridgehead atoms. The fourth-order valence-electron chi connectivity index (χ4n) is 1.99. The first-order valence-corrected chi connectivity index (χ1v) is 4.94. The normalized spacial score (nSPS) is 24.0. The standard InChI is InChI=1S/C9H16N4/c1-3-12-5-4-6-13-7-10-11-9(13)8(12)2/h7-8H,3-6H2,1-2H3. The Morgan fingerprint density at radius 3 is 3.15 bits per heavy atom. The molecule has 0 amide bonds. The van der Waals surface area contributed by atoms with E-state index in [9.17, 15) is 0 Å². The Morgan fingerprint density at radius 1 is 1.54 bits per heavy atom. The minimum absolute atomic E-state index is 0.412. The van der Waals surface area contributed by atoms with Crippen LogP contribution in [0.25, 0.3) is 0 Å². The number of nitrogens with zero attached hydrogens (tertiary/aromatic N) is 4. The molecule has 0 spiro atoms. The molecule has 1 aliphatic heterocycles. The summed E-state index contributed by atoms with van der Waals surface area (Å²) < 4.78 is 2.17. The SMILES string of the molecule is CCN1CCCn2cnnc2C1C. The second-order valence-electron chi connectivity index (χ2n) is 3.54. The molecule has 1 aliphatic rings. The Morgan fingerprint density at radius 2 is 2.38 bits per heavy atom. The van der Waals surface area contributed by atoms with E-state index in [1.165, 1.54) is 13.0 Å². The number of aromatic nitrogens is 3. The number of fused-ring (bicyclic) bond motifs is 1. The van der Waals surface area contributed by atoms with E-state index in [2.05, 4.69) is 33.5 Å². The van der Waals surface area contributed by atoms with Gasteiger partial charge in [0.2, 0.25) is 0 Å². The Labute approximate surface area is 78.6 Å². The van der Waals surface area contributed by atoms with Crippen LogP contribution in [0.5, 0.6) is 0 Å². The molecule has 72 valence electrons. The topological polar surface area (TPSA) is 34.0 Å². The molecule has 4 heteroatoms. The Balaban J connectivity index is 2.29. The van der Waals surface area contributed by atoms with Crippen molar-refractivity contribution >= 4 is 0 Å². The zero-order valence-electron chi connectivity index (χ0n) is 8.27. The first-order valence-electron chi connectivity index (χ1n) is 4.94. The van der Waals surface area contributed by atoms with Crippen molar-refractivity contribution in [1.29, 1.82) is 0 Å². The van der Waals surface area contributed by atoms with E-state index in [0.717, 1.165) is 18.9 Å². The molecular formula is C9H16N4. The number of hydrogen-bond donors (Lipinski definition) is 0. The lowest BCUT2D eigenvalue weighted by atomic mass is 10.2. The van der Waals surface area contributed by atoms with Crippen molar-refractivity contribution in [3.63, 3.8) is 0 Å². The molecule has 1 atom stereocenters. The van der Waals surface area contributed by atoms with Crippen LogP contribution < -0.4 is 0 Å². The summed E-state index contributed by atoms with van der Waals surface area (Å²) in [5.74, 6) is 1.11. The fraction of sp³-hybridized carbons (Fsp3) is 0.778. The highest BCUT2D eigenvalue weighted by molar-refractivity contribution is 4.95. The molecule has 0 radical (unpaired) electrons. The van der Waals surface area contributed by atoms with Crippen molar-refractivity contribution in [2.45, 2.75) is 32.9 Å². The van der Waals surface area contributed by atoms with Gasteiger partial charge in [-0.1, -0.05) is 6.92 Å². The zero-order chi connectivity index (χ0) is 9.26. The Kier molecular flexibility index (Phi) is 2.31. The maximum atomic E-state index is 4.17. The highest BCUT2D eigenvalue weighted by atomic mass is 15.3. The van der Waals surface area contributed by atoms with Crippen molar-refractivity contribution in [3.05, 3.63) is 12.2 Å². The highest BCUT2D eigenvalue weighted by Gasteiger charge is 2.21. The van der Waals surface area contributed by atoms with Gasteiger partial charge < -0.3 is 4.57 Å². The van der Waals surface area contributed by atoms with Gasteiger partial charge in [0, 0.05) is 13.1 Å². The van der Waals surface area contributed by atoms with Gasteiger partial charge in [-0.25, -0.2) is 0 Å². The maximum absolute atomic E-state index is 4.17. The van der Waals surface area contributed by atoms with Crippen molar-refractivity contribution in [2.75, 3.05) is 13.1 Å². The molecule has 0 aliphatic carbocycles. The highest BCUT2D eigenvalue weighted by Crippen LogP contribution is 2.21. The van der Waals surface area contributed by atoms with Crippen LogP contribution in [-0.2, 0) is 6.54 Å². The predicted octanol–water partition coefficient (Wildman–Crippen LogP) is 1.06. The van der Waals surface area contributed by atoms with E-state index in [0.29, 0.717) is 6.04 Å². The van der Waals surface area contributed by atoms with Gasteiger partial charge in [-0.3, -0.25) is 4.90 Å². The van der Waals surface area contributed by atoms with Gasteiger partial charge in [0.05, 0.1) is 6.04 Å². The second kappa shape index (κ2) is 3.46. The summed E-state index contributed by atoms with van der Waals surface area (Å²) in [6.45, 7) is 7.72. The molecule has 13 heavy (non-hydrogen) atoms. The van der Waals surface area contributed by atoms with Gasteiger partial charge in [-0.15, -0.1) is 10.2 Å².